The van der Waals surface area contributed by atoms with Gasteiger partial charge in [0.2, 0.25) is 0 Å². The summed E-state index contributed by atoms with van der Waals surface area (Å²) in [4.78, 5) is 23.3. The van der Waals surface area contributed by atoms with Crippen molar-refractivity contribution in [2.75, 3.05) is 0 Å². The zero-order chi connectivity index (χ0) is 17.2. The quantitative estimate of drug-likeness (QED) is 0.631. The van der Waals surface area contributed by atoms with Crippen LogP contribution in [0.15, 0.2) is 41.5 Å². The number of carboxylic acid groups (broad SMARTS) is 2. The van der Waals surface area contributed by atoms with Gasteiger partial charge in [0, 0.05) is 12.0 Å². The second-order valence-corrected chi connectivity index (χ2v) is 5.85. The Balaban J connectivity index is 3.08. The van der Waals surface area contributed by atoms with Crippen molar-refractivity contribution in [3.63, 3.8) is 0 Å². The fraction of sp³-hybridized carbons (Fsp3) is 0.474. The van der Waals surface area contributed by atoms with Crippen LogP contribution in [0, 0.1) is 5.92 Å². The van der Waals surface area contributed by atoms with Crippen LogP contribution in [0.1, 0.15) is 51.5 Å². The fourth-order valence-electron chi connectivity index (χ4n) is 2.68. The lowest BCUT2D eigenvalue weighted by Crippen LogP contribution is -2.16. The molecule has 1 unspecified atom stereocenters. The monoisotopic (exact) mass is 318 g/mol. The highest BCUT2D eigenvalue weighted by Crippen LogP contribution is 2.25. The van der Waals surface area contributed by atoms with E-state index in [9.17, 15) is 19.8 Å². The molecular formula is C19H26O4. The maximum absolute atomic E-state index is 11.6. The molecule has 0 heterocycles. The van der Waals surface area contributed by atoms with Gasteiger partial charge in [0.05, 0.1) is 5.57 Å². The summed E-state index contributed by atoms with van der Waals surface area (Å²) in [6.07, 6.45) is 4.34. The number of benzene rings is 1. The Bertz CT molecular complexity index is 546. The van der Waals surface area contributed by atoms with Crippen molar-refractivity contribution < 1.29 is 19.8 Å². The lowest BCUT2D eigenvalue weighted by atomic mass is 9.88. The minimum absolute atomic E-state index is 0.00125. The number of carbonyl (C=O) groups is 2. The van der Waals surface area contributed by atoms with Crippen LogP contribution in [0.25, 0.3) is 0 Å². The summed E-state index contributed by atoms with van der Waals surface area (Å²) < 4.78 is 0. The summed E-state index contributed by atoms with van der Waals surface area (Å²) >= 11 is 0. The van der Waals surface area contributed by atoms with Gasteiger partial charge in [-0.3, -0.25) is 0 Å². The van der Waals surface area contributed by atoms with Gasteiger partial charge >= 0.3 is 11.9 Å². The largest absolute Gasteiger partial charge is 0.478 e. The second-order valence-electron chi connectivity index (χ2n) is 5.85. The number of rotatable bonds is 10. The van der Waals surface area contributed by atoms with E-state index in [1.54, 1.807) is 0 Å². The van der Waals surface area contributed by atoms with Crippen molar-refractivity contribution in [2.45, 2.75) is 52.4 Å². The van der Waals surface area contributed by atoms with Gasteiger partial charge in [-0.2, -0.15) is 0 Å². The van der Waals surface area contributed by atoms with Crippen LogP contribution in [-0.2, 0) is 16.0 Å². The molecule has 1 aromatic rings. The van der Waals surface area contributed by atoms with E-state index in [1.165, 1.54) is 0 Å². The van der Waals surface area contributed by atoms with E-state index in [4.69, 9.17) is 0 Å². The molecular weight excluding hydrogens is 292 g/mol. The molecule has 0 aliphatic carbocycles. The van der Waals surface area contributed by atoms with Crippen molar-refractivity contribution in [1.82, 2.24) is 0 Å². The molecule has 0 aromatic heterocycles. The first-order chi connectivity index (χ1) is 11.0. The van der Waals surface area contributed by atoms with E-state index in [2.05, 4.69) is 6.92 Å². The third-order valence-electron chi connectivity index (χ3n) is 4.14. The summed E-state index contributed by atoms with van der Waals surface area (Å²) in [7, 11) is 0. The average molecular weight is 318 g/mol. The molecule has 0 aliphatic heterocycles. The van der Waals surface area contributed by atoms with Crippen LogP contribution in [0.5, 0.6) is 0 Å². The summed E-state index contributed by atoms with van der Waals surface area (Å²) in [5.41, 5.74) is 0.855. The SMILES string of the molecule is CCCCC(CC)CC(C(=O)O)=C(Cc1ccccc1)C(=O)O. The van der Waals surface area contributed by atoms with Gasteiger partial charge in [0.25, 0.3) is 0 Å². The van der Waals surface area contributed by atoms with Crippen LogP contribution in [0.4, 0.5) is 0 Å². The summed E-state index contributed by atoms with van der Waals surface area (Å²) in [5.74, 6) is -2.05. The maximum atomic E-state index is 11.6. The van der Waals surface area contributed by atoms with Crippen LogP contribution >= 0.6 is 0 Å². The minimum atomic E-state index is -1.14. The van der Waals surface area contributed by atoms with Crippen LogP contribution in [0.3, 0.4) is 0 Å². The van der Waals surface area contributed by atoms with E-state index in [1.807, 2.05) is 37.3 Å². The van der Waals surface area contributed by atoms with Crippen molar-refractivity contribution in [1.29, 1.82) is 0 Å². The molecule has 0 saturated heterocycles. The van der Waals surface area contributed by atoms with Crippen molar-refractivity contribution in [2.24, 2.45) is 5.92 Å². The molecule has 4 heteroatoms. The van der Waals surface area contributed by atoms with Crippen molar-refractivity contribution >= 4 is 11.9 Å². The number of carboxylic acids is 2. The Labute approximate surface area is 137 Å². The van der Waals surface area contributed by atoms with Crippen molar-refractivity contribution in [3.05, 3.63) is 47.0 Å². The lowest BCUT2D eigenvalue weighted by molar-refractivity contribution is -0.136. The molecule has 0 radical (unpaired) electrons. The first kappa shape index (κ1) is 18.9. The Hall–Kier alpha value is -2.10. The van der Waals surface area contributed by atoms with Gasteiger partial charge in [-0.05, 0) is 17.9 Å². The van der Waals surface area contributed by atoms with Crippen LogP contribution in [-0.4, -0.2) is 22.2 Å². The van der Waals surface area contributed by atoms with Crippen LogP contribution < -0.4 is 0 Å². The number of unbranched alkanes of at least 4 members (excludes halogenated alkanes) is 1. The van der Waals surface area contributed by atoms with Gasteiger partial charge in [0.15, 0.2) is 0 Å². The Morgan fingerprint density at radius 2 is 1.61 bits per heavy atom. The minimum Gasteiger partial charge on any atom is -0.478 e. The highest BCUT2D eigenvalue weighted by Gasteiger charge is 2.23. The molecule has 0 fully saturated rings. The third-order valence-corrected chi connectivity index (χ3v) is 4.14. The molecule has 0 spiro atoms. The highest BCUT2D eigenvalue weighted by molar-refractivity contribution is 5.99. The lowest BCUT2D eigenvalue weighted by Gasteiger charge is -2.17. The standard InChI is InChI=1S/C19H26O4/c1-3-5-9-14(4-2)12-16(18(20)21)17(19(22)23)13-15-10-7-6-8-11-15/h6-8,10-11,14H,3-5,9,12-13H2,1-2H3,(H,20,21)(H,22,23). The van der Waals surface area contributed by atoms with E-state index in [0.717, 1.165) is 31.2 Å². The maximum Gasteiger partial charge on any atom is 0.332 e. The summed E-state index contributed by atoms with van der Waals surface area (Å²) in [5, 5.41) is 19.0. The molecule has 0 amide bonds. The molecule has 0 aliphatic rings. The average Bonchev–Trinajstić information content (AvgIpc) is 2.54. The number of hydrogen-bond acceptors (Lipinski definition) is 2. The van der Waals surface area contributed by atoms with Gasteiger partial charge in [-0.25, -0.2) is 9.59 Å². The van der Waals surface area contributed by atoms with Gasteiger partial charge in [-0.1, -0.05) is 69.9 Å². The van der Waals surface area contributed by atoms with Gasteiger partial charge < -0.3 is 10.2 Å². The normalized spacial score (nSPS) is 13.3. The Kier molecular flexibility index (Phi) is 8.09. The number of aliphatic carboxylic acids is 2. The topological polar surface area (TPSA) is 74.6 Å². The molecule has 2 N–H and O–H groups in total. The van der Waals surface area contributed by atoms with E-state index in [0.29, 0.717) is 6.42 Å². The predicted octanol–water partition coefficient (Wildman–Crippen LogP) is 4.30. The smallest absolute Gasteiger partial charge is 0.332 e. The molecule has 23 heavy (non-hydrogen) atoms. The first-order valence-electron chi connectivity index (χ1n) is 8.22. The second kappa shape index (κ2) is 9.82. The van der Waals surface area contributed by atoms with Gasteiger partial charge in [-0.15, -0.1) is 0 Å². The molecule has 1 rings (SSSR count). The molecule has 4 nitrogen and oxygen atoms in total. The van der Waals surface area contributed by atoms with Crippen molar-refractivity contribution in [3.8, 4) is 0 Å². The van der Waals surface area contributed by atoms with E-state index < -0.39 is 11.9 Å². The van der Waals surface area contributed by atoms with Crippen LogP contribution in [0.2, 0.25) is 0 Å². The van der Waals surface area contributed by atoms with E-state index >= 15 is 0 Å². The van der Waals surface area contributed by atoms with Gasteiger partial charge in [0.1, 0.15) is 0 Å². The summed E-state index contributed by atoms with van der Waals surface area (Å²) in [6, 6.07) is 9.13. The number of hydrogen-bond donors (Lipinski definition) is 2. The Morgan fingerprint density at radius 1 is 1.00 bits per heavy atom. The molecule has 126 valence electrons. The third kappa shape index (κ3) is 6.27. The summed E-state index contributed by atoms with van der Waals surface area (Å²) in [6.45, 7) is 4.12. The zero-order valence-electron chi connectivity index (χ0n) is 13.9. The predicted molar refractivity (Wildman–Crippen MR) is 90.4 cm³/mol. The first-order valence-corrected chi connectivity index (χ1v) is 8.22. The molecule has 0 bridgehead atoms. The fourth-order valence-corrected chi connectivity index (χ4v) is 2.68. The highest BCUT2D eigenvalue weighted by atomic mass is 16.4. The molecule has 0 saturated carbocycles. The molecule has 1 aromatic carbocycles. The van der Waals surface area contributed by atoms with E-state index in [-0.39, 0.29) is 23.5 Å². The Morgan fingerprint density at radius 3 is 2.09 bits per heavy atom. The molecule has 1 atom stereocenters. The zero-order valence-corrected chi connectivity index (χ0v) is 13.9.